The summed E-state index contributed by atoms with van der Waals surface area (Å²) < 4.78 is 13.1. The molecule has 1 saturated heterocycles. The largest absolute Gasteiger partial charge is 0.374 e. The Hall–Kier alpha value is -1.42. The SMILES string of the molecule is CN1CCC(CN(C)c2ccc(F)cc2C=O)C1. The van der Waals surface area contributed by atoms with Gasteiger partial charge in [0.2, 0.25) is 0 Å². The van der Waals surface area contributed by atoms with Crippen LogP contribution in [0.2, 0.25) is 0 Å². The Balaban J connectivity index is 2.08. The van der Waals surface area contributed by atoms with Gasteiger partial charge in [-0.05, 0) is 44.1 Å². The van der Waals surface area contributed by atoms with Crippen molar-refractivity contribution in [1.29, 1.82) is 0 Å². The maximum absolute atomic E-state index is 13.1. The molecule has 0 spiro atoms. The van der Waals surface area contributed by atoms with E-state index < -0.39 is 0 Å². The highest BCUT2D eigenvalue weighted by Crippen LogP contribution is 2.22. The minimum absolute atomic E-state index is 0.366. The summed E-state index contributed by atoms with van der Waals surface area (Å²) in [5.74, 6) is 0.249. The van der Waals surface area contributed by atoms with Crippen LogP contribution in [-0.2, 0) is 0 Å². The first-order valence-electron chi connectivity index (χ1n) is 6.24. The van der Waals surface area contributed by atoms with Crippen molar-refractivity contribution < 1.29 is 9.18 Å². The average Bonchev–Trinajstić information content (AvgIpc) is 2.74. The fourth-order valence-electron chi connectivity index (χ4n) is 2.63. The first-order chi connectivity index (χ1) is 8.60. The summed E-state index contributed by atoms with van der Waals surface area (Å²) in [6.45, 7) is 3.11. The third kappa shape index (κ3) is 2.88. The third-order valence-electron chi connectivity index (χ3n) is 3.55. The van der Waals surface area contributed by atoms with Gasteiger partial charge in [-0.1, -0.05) is 0 Å². The maximum atomic E-state index is 13.1. The van der Waals surface area contributed by atoms with Crippen LogP contribution in [-0.4, -0.2) is 44.9 Å². The summed E-state index contributed by atoms with van der Waals surface area (Å²) in [6.07, 6.45) is 1.90. The van der Waals surface area contributed by atoms with E-state index in [-0.39, 0.29) is 5.82 Å². The van der Waals surface area contributed by atoms with Gasteiger partial charge >= 0.3 is 0 Å². The van der Waals surface area contributed by atoms with E-state index in [4.69, 9.17) is 0 Å². The Labute approximate surface area is 107 Å². The van der Waals surface area contributed by atoms with Crippen LogP contribution in [0.15, 0.2) is 18.2 Å². The van der Waals surface area contributed by atoms with Gasteiger partial charge in [-0.2, -0.15) is 0 Å². The van der Waals surface area contributed by atoms with Gasteiger partial charge in [-0.25, -0.2) is 4.39 Å². The van der Waals surface area contributed by atoms with Gasteiger partial charge in [-0.3, -0.25) is 4.79 Å². The fourth-order valence-corrected chi connectivity index (χ4v) is 2.63. The first kappa shape index (κ1) is 13.0. The number of hydrogen-bond acceptors (Lipinski definition) is 3. The molecule has 1 aromatic rings. The van der Waals surface area contributed by atoms with E-state index in [1.54, 1.807) is 6.07 Å². The van der Waals surface area contributed by atoms with E-state index in [9.17, 15) is 9.18 Å². The lowest BCUT2D eigenvalue weighted by molar-refractivity contribution is 0.112. The molecule has 1 heterocycles. The van der Waals surface area contributed by atoms with E-state index in [0.717, 1.165) is 31.6 Å². The molecule has 1 aliphatic heterocycles. The van der Waals surface area contributed by atoms with Crippen LogP contribution >= 0.6 is 0 Å². The number of anilines is 1. The maximum Gasteiger partial charge on any atom is 0.152 e. The molecule has 0 saturated carbocycles. The summed E-state index contributed by atoms with van der Waals surface area (Å²) in [4.78, 5) is 15.3. The van der Waals surface area contributed by atoms with Crippen LogP contribution in [0, 0.1) is 11.7 Å². The fraction of sp³-hybridized carbons (Fsp3) is 0.500. The Morgan fingerprint density at radius 2 is 2.33 bits per heavy atom. The molecule has 0 bridgehead atoms. The van der Waals surface area contributed by atoms with Crippen molar-refractivity contribution in [3.8, 4) is 0 Å². The lowest BCUT2D eigenvalue weighted by atomic mass is 10.1. The zero-order valence-corrected chi connectivity index (χ0v) is 10.9. The van der Waals surface area contributed by atoms with Gasteiger partial charge in [0.1, 0.15) is 5.82 Å². The first-order valence-corrected chi connectivity index (χ1v) is 6.24. The molecular weight excluding hydrogens is 231 g/mol. The molecule has 0 aliphatic carbocycles. The summed E-state index contributed by atoms with van der Waals surface area (Å²) in [6, 6.07) is 4.37. The number of halogens is 1. The molecule has 98 valence electrons. The predicted octanol–water partition coefficient (Wildman–Crippen LogP) is 2.03. The van der Waals surface area contributed by atoms with Crippen LogP contribution in [0.3, 0.4) is 0 Å². The number of benzene rings is 1. The molecule has 2 rings (SSSR count). The van der Waals surface area contributed by atoms with E-state index >= 15 is 0 Å². The standard InChI is InChI=1S/C14H19FN2O/c1-16-6-5-11(8-16)9-17(2)14-4-3-13(15)7-12(14)10-18/h3-4,7,10-11H,5-6,8-9H2,1-2H3. The Morgan fingerprint density at radius 3 is 2.94 bits per heavy atom. The van der Waals surface area contributed by atoms with Crippen molar-refractivity contribution in [3.63, 3.8) is 0 Å². The normalized spacial score (nSPS) is 20.1. The number of likely N-dealkylation sites (tertiary alicyclic amines) is 1. The molecule has 1 atom stereocenters. The van der Waals surface area contributed by atoms with Crippen molar-refractivity contribution in [2.24, 2.45) is 5.92 Å². The van der Waals surface area contributed by atoms with Crippen molar-refractivity contribution in [2.45, 2.75) is 6.42 Å². The lowest BCUT2D eigenvalue weighted by Crippen LogP contribution is -2.27. The molecule has 1 aliphatic rings. The topological polar surface area (TPSA) is 23.6 Å². The van der Waals surface area contributed by atoms with Gasteiger partial charge in [0.15, 0.2) is 6.29 Å². The molecule has 3 nitrogen and oxygen atoms in total. The molecule has 4 heteroatoms. The number of aldehydes is 1. The lowest BCUT2D eigenvalue weighted by Gasteiger charge is -2.24. The number of rotatable bonds is 4. The van der Waals surface area contributed by atoms with Gasteiger partial charge in [0, 0.05) is 31.4 Å². The summed E-state index contributed by atoms with van der Waals surface area (Å²) in [5, 5.41) is 0. The summed E-state index contributed by atoms with van der Waals surface area (Å²) >= 11 is 0. The molecule has 18 heavy (non-hydrogen) atoms. The average molecular weight is 250 g/mol. The Kier molecular flexibility index (Phi) is 3.97. The zero-order chi connectivity index (χ0) is 13.1. The van der Waals surface area contributed by atoms with Gasteiger partial charge in [0.05, 0.1) is 0 Å². The van der Waals surface area contributed by atoms with E-state index in [2.05, 4.69) is 11.9 Å². The van der Waals surface area contributed by atoms with Crippen LogP contribution in [0.1, 0.15) is 16.8 Å². The van der Waals surface area contributed by atoms with Crippen LogP contribution in [0.25, 0.3) is 0 Å². The summed E-state index contributed by atoms with van der Waals surface area (Å²) in [5.41, 5.74) is 1.23. The van der Waals surface area contributed by atoms with Crippen LogP contribution < -0.4 is 4.90 Å². The van der Waals surface area contributed by atoms with Crippen molar-refractivity contribution in [2.75, 3.05) is 38.6 Å². The number of carbonyl (C=O) groups excluding carboxylic acids is 1. The highest BCUT2D eigenvalue weighted by atomic mass is 19.1. The number of nitrogens with zero attached hydrogens (tertiary/aromatic N) is 2. The molecule has 0 amide bonds. The molecule has 0 N–H and O–H groups in total. The monoisotopic (exact) mass is 250 g/mol. The molecule has 1 fully saturated rings. The minimum Gasteiger partial charge on any atom is -0.374 e. The number of hydrogen-bond donors (Lipinski definition) is 0. The predicted molar refractivity (Wildman–Crippen MR) is 70.7 cm³/mol. The highest BCUT2D eigenvalue weighted by molar-refractivity contribution is 5.84. The second-order valence-corrected chi connectivity index (χ2v) is 5.12. The summed E-state index contributed by atoms with van der Waals surface area (Å²) in [7, 11) is 4.08. The van der Waals surface area contributed by atoms with Crippen molar-refractivity contribution in [1.82, 2.24) is 4.90 Å². The smallest absolute Gasteiger partial charge is 0.152 e. The quantitative estimate of drug-likeness (QED) is 0.764. The van der Waals surface area contributed by atoms with Crippen LogP contribution in [0.4, 0.5) is 10.1 Å². The zero-order valence-electron chi connectivity index (χ0n) is 10.9. The van der Waals surface area contributed by atoms with Crippen LogP contribution in [0.5, 0.6) is 0 Å². The van der Waals surface area contributed by atoms with Gasteiger partial charge in [0.25, 0.3) is 0 Å². The second kappa shape index (κ2) is 5.48. The minimum atomic E-state index is -0.366. The molecular formula is C14H19FN2O. The molecule has 1 unspecified atom stereocenters. The van der Waals surface area contributed by atoms with Gasteiger partial charge < -0.3 is 9.80 Å². The van der Waals surface area contributed by atoms with E-state index in [0.29, 0.717) is 11.5 Å². The van der Waals surface area contributed by atoms with E-state index in [1.807, 2.05) is 11.9 Å². The second-order valence-electron chi connectivity index (χ2n) is 5.12. The van der Waals surface area contributed by atoms with Crippen molar-refractivity contribution in [3.05, 3.63) is 29.6 Å². The highest BCUT2D eigenvalue weighted by Gasteiger charge is 2.21. The van der Waals surface area contributed by atoms with Gasteiger partial charge in [-0.15, -0.1) is 0 Å². The molecule has 0 radical (unpaired) electrons. The number of carbonyl (C=O) groups is 1. The van der Waals surface area contributed by atoms with Crippen molar-refractivity contribution >= 4 is 12.0 Å². The van der Waals surface area contributed by atoms with E-state index in [1.165, 1.54) is 18.6 Å². The Morgan fingerprint density at radius 1 is 1.56 bits per heavy atom. The molecule has 1 aromatic carbocycles. The third-order valence-corrected chi connectivity index (χ3v) is 3.55. The molecule has 0 aromatic heterocycles. The Bertz CT molecular complexity index is 436.